The van der Waals surface area contributed by atoms with Gasteiger partial charge in [-0.2, -0.15) is 0 Å². The minimum absolute atomic E-state index is 0.130. The number of aromatic nitrogens is 2. The minimum Gasteiger partial charge on any atom is -0.497 e. The third-order valence-corrected chi connectivity index (χ3v) is 4.14. The number of ether oxygens (including phenoxy) is 1. The van der Waals surface area contributed by atoms with Crippen LogP contribution in [0.2, 0.25) is 0 Å². The van der Waals surface area contributed by atoms with Crippen LogP contribution in [0, 0.1) is 0 Å². The second kappa shape index (κ2) is 7.25. The lowest BCUT2D eigenvalue weighted by Gasteiger charge is -2.20. The van der Waals surface area contributed by atoms with Gasteiger partial charge in [0.2, 0.25) is 5.91 Å². The molecule has 1 N–H and O–H groups in total. The number of amides is 1. The van der Waals surface area contributed by atoms with Crippen LogP contribution in [0.3, 0.4) is 0 Å². The van der Waals surface area contributed by atoms with E-state index in [0.29, 0.717) is 5.82 Å². The third kappa shape index (κ3) is 3.62. The van der Waals surface area contributed by atoms with Crippen molar-refractivity contribution in [1.82, 2.24) is 9.97 Å². The molecule has 0 bridgehead atoms. The van der Waals surface area contributed by atoms with E-state index in [-0.39, 0.29) is 11.8 Å². The molecular formula is C19H21N3O2. The predicted octanol–water partition coefficient (Wildman–Crippen LogP) is 3.93. The van der Waals surface area contributed by atoms with Crippen LogP contribution in [-0.2, 0) is 4.79 Å². The van der Waals surface area contributed by atoms with E-state index in [1.807, 2.05) is 24.3 Å². The summed E-state index contributed by atoms with van der Waals surface area (Å²) in [6, 6.07) is 7.74. The molecule has 124 valence electrons. The summed E-state index contributed by atoms with van der Waals surface area (Å²) in [6.45, 7) is 1.49. The van der Waals surface area contributed by atoms with Gasteiger partial charge >= 0.3 is 0 Å². The molecule has 2 aromatic rings. The highest BCUT2D eigenvalue weighted by molar-refractivity contribution is 5.88. The van der Waals surface area contributed by atoms with Crippen LogP contribution >= 0.6 is 0 Å². The molecule has 1 heterocycles. The van der Waals surface area contributed by atoms with Crippen molar-refractivity contribution in [2.24, 2.45) is 0 Å². The number of rotatable bonds is 4. The minimum atomic E-state index is -0.130. The molecular weight excluding hydrogens is 302 g/mol. The summed E-state index contributed by atoms with van der Waals surface area (Å²) >= 11 is 0. The number of carbonyl (C=O) groups is 1. The van der Waals surface area contributed by atoms with Gasteiger partial charge in [-0.25, -0.2) is 9.97 Å². The summed E-state index contributed by atoms with van der Waals surface area (Å²) in [5.41, 5.74) is 2.64. The molecule has 5 heteroatoms. The van der Waals surface area contributed by atoms with Crippen molar-refractivity contribution < 1.29 is 9.53 Å². The number of hydrogen-bond donors (Lipinski definition) is 1. The number of benzene rings is 1. The largest absolute Gasteiger partial charge is 0.497 e. The molecule has 0 spiro atoms. The average Bonchev–Trinajstić information content (AvgIpc) is 2.62. The molecule has 0 fully saturated rings. The Balaban J connectivity index is 1.98. The molecule has 24 heavy (non-hydrogen) atoms. The van der Waals surface area contributed by atoms with Crippen LogP contribution in [-0.4, -0.2) is 23.0 Å². The maximum Gasteiger partial charge on any atom is 0.222 e. The van der Waals surface area contributed by atoms with Crippen molar-refractivity contribution in [3.05, 3.63) is 48.3 Å². The third-order valence-electron chi connectivity index (χ3n) is 4.14. The van der Waals surface area contributed by atoms with E-state index in [1.165, 1.54) is 6.92 Å². The van der Waals surface area contributed by atoms with Gasteiger partial charge < -0.3 is 10.1 Å². The molecule has 1 aliphatic rings. The summed E-state index contributed by atoms with van der Waals surface area (Å²) in [5.74, 6) is 1.52. The monoisotopic (exact) mass is 323 g/mol. The summed E-state index contributed by atoms with van der Waals surface area (Å²) < 4.78 is 5.20. The smallest absolute Gasteiger partial charge is 0.222 e. The number of anilines is 1. The van der Waals surface area contributed by atoms with Crippen LogP contribution in [0.25, 0.3) is 11.3 Å². The van der Waals surface area contributed by atoms with Gasteiger partial charge in [0, 0.05) is 18.4 Å². The molecule has 0 radical (unpaired) electrons. The van der Waals surface area contributed by atoms with Crippen molar-refractivity contribution in [1.29, 1.82) is 0 Å². The van der Waals surface area contributed by atoms with Crippen molar-refractivity contribution in [2.45, 2.75) is 32.1 Å². The van der Waals surface area contributed by atoms with Crippen LogP contribution in [0.4, 0.5) is 5.82 Å². The average molecular weight is 323 g/mol. The van der Waals surface area contributed by atoms with E-state index in [9.17, 15) is 4.79 Å². The first-order chi connectivity index (χ1) is 11.7. The standard InChI is InChI=1S/C19H21N3O2/c1-13(23)21-19-18(15-6-4-3-5-7-15)22-17(12-20-19)14-8-10-16(24-2)11-9-14/h3-4,8-12,15H,5-7H2,1-2H3,(H,20,21,23). The van der Waals surface area contributed by atoms with E-state index >= 15 is 0 Å². The Morgan fingerprint density at radius 1 is 1.25 bits per heavy atom. The van der Waals surface area contributed by atoms with Gasteiger partial charge in [-0.05, 0) is 43.5 Å². The zero-order valence-corrected chi connectivity index (χ0v) is 14.0. The van der Waals surface area contributed by atoms with Crippen LogP contribution in [0.15, 0.2) is 42.6 Å². The summed E-state index contributed by atoms with van der Waals surface area (Å²) in [7, 11) is 1.64. The number of methoxy groups -OCH3 is 1. The highest BCUT2D eigenvalue weighted by Crippen LogP contribution is 2.33. The first kappa shape index (κ1) is 16.2. The molecule has 5 nitrogen and oxygen atoms in total. The topological polar surface area (TPSA) is 64.1 Å². The van der Waals surface area contributed by atoms with Gasteiger partial charge in [0.1, 0.15) is 5.75 Å². The Labute approximate surface area is 141 Å². The zero-order valence-electron chi connectivity index (χ0n) is 14.0. The first-order valence-electron chi connectivity index (χ1n) is 8.11. The van der Waals surface area contributed by atoms with Crippen molar-refractivity contribution in [2.75, 3.05) is 12.4 Å². The Bertz CT molecular complexity index is 754. The van der Waals surface area contributed by atoms with Crippen LogP contribution in [0.1, 0.15) is 37.8 Å². The summed E-state index contributed by atoms with van der Waals surface area (Å²) in [5, 5.41) is 2.81. The zero-order chi connectivity index (χ0) is 16.9. The first-order valence-corrected chi connectivity index (χ1v) is 8.11. The highest BCUT2D eigenvalue weighted by Gasteiger charge is 2.20. The summed E-state index contributed by atoms with van der Waals surface area (Å²) in [6.07, 6.45) is 9.04. The SMILES string of the molecule is COc1ccc(-c2cnc(NC(C)=O)c(C3CC=CCC3)n2)cc1. The molecule has 1 unspecified atom stereocenters. The van der Waals surface area contributed by atoms with E-state index in [2.05, 4.69) is 22.5 Å². The van der Waals surface area contributed by atoms with Gasteiger partial charge in [0.05, 0.1) is 24.7 Å². The molecule has 1 aromatic heterocycles. The predicted molar refractivity (Wildman–Crippen MR) is 94.1 cm³/mol. The quantitative estimate of drug-likeness (QED) is 0.866. The lowest BCUT2D eigenvalue weighted by Crippen LogP contribution is -2.14. The molecule has 3 rings (SSSR count). The summed E-state index contributed by atoms with van der Waals surface area (Å²) in [4.78, 5) is 20.8. The normalized spacial score (nSPS) is 16.7. The number of nitrogens with one attached hydrogen (secondary N) is 1. The second-order valence-corrected chi connectivity index (χ2v) is 5.88. The number of hydrogen-bond acceptors (Lipinski definition) is 4. The Hall–Kier alpha value is -2.69. The molecule has 1 atom stereocenters. The fourth-order valence-corrected chi connectivity index (χ4v) is 2.89. The Morgan fingerprint density at radius 2 is 2.04 bits per heavy atom. The molecule has 0 saturated heterocycles. The highest BCUT2D eigenvalue weighted by atomic mass is 16.5. The van der Waals surface area contributed by atoms with E-state index < -0.39 is 0 Å². The van der Waals surface area contributed by atoms with E-state index in [4.69, 9.17) is 9.72 Å². The Morgan fingerprint density at radius 3 is 2.67 bits per heavy atom. The van der Waals surface area contributed by atoms with Crippen molar-refractivity contribution >= 4 is 11.7 Å². The fourth-order valence-electron chi connectivity index (χ4n) is 2.89. The van der Waals surface area contributed by atoms with Gasteiger partial charge in [-0.1, -0.05) is 12.2 Å². The van der Waals surface area contributed by atoms with Crippen molar-refractivity contribution in [3.8, 4) is 17.0 Å². The molecule has 1 amide bonds. The van der Waals surface area contributed by atoms with Gasteiger partial charge in [0.25, 0.3) is 0 Å². The molecule has 0 saturated carbocycles. The van der Waals surface area contributed by atoms with Crippen molar-refractivity contribution in [3.63, 3.8) is 0 Å². The second-order valence-electron chi connectivity index (χ2n) is 5.88. The molecule has 0 aliphatic heterocycles. The van der Waals surface area contributed by atoms with E-state index in [1.54, 1.807) is 13.3 Å². The van der Waals surface area contributed by atoms with Crippen LogP contribution < -0.4 is 10.1 Å². The maximum absolute atomic E-state index is 11.5. The van der Waals surface area contributed by atoms with Gasteiger partial charge in [-0.3, -0.25) is 4.79 Å². The Kier molecular flexibility index (Phi) is 4.89. The lowest BCUT2D eigenvalue weighted by atomic mass is 9.91. The molecule has 1 aliphatic carbocycles. The molecule has 1 aromatic carbocycles. The van der Waals surface area contributed by atoms with Crippen LogP contribution in [0.5, 0.6) is 5.75 Å². The number of carbonyl (C=O) groups excluding carboxylic acids is 1. The lowest BCUT2D eigenvalue weighted by molar-refractivity contribution is -0.114. The number of nitrogens with zero attached hydrogens (tertiary/aromatic N) is 2. The van der Waals surface area contributed by atoms with Gasteiger partial charge in [-0.15, -0.1) is 0 Å². The van der Waals surface area contributed by atoms with Gasteiger partial charge in [0.15, 0.2) is 5.82 Å². The number of allylic oxidation sites excluding steroid dienone is 2. The fraction of sp³-hybridized carbons (Fsp3) is 0.316. The van der Waals surface area contributed by atoms with E-state index in [0.717, 1.165) is 42.0 Å². The maximum atomic E-state index is 11.5.